The van der Waals surface area contributed by atoms with Gasteiger partial charge in [0, 0.05) is 24.4 Å². The average Bonchev–Trinajstić information content (AvgIpc) is 3.27. The minimum Gasteiger partial charge on any atom is -0.368 e. The molecule has 1 N–H and O–H groups in total. The van der Waals surface area contributed by atoms with Crippen LogP contribution in [0.2, 0.25) is 0 Å². The first-order valence-corrected chi connectivity index (χ1v) is 9.11. The maximum Gasteiger partial charge on any atom is 0.146 e. The van der Waals surface area contributed by atoms with Gasteiger partial charge in [0.1, 0.15) is 11.6 Å². The first kappa shape index (κ1) is 14.0. The van der Waals surface area contributed by atoms with E-state index in [0.29, 0.717) is 5.92 Å². The van der Waals surface area contributed by atoms with Crippen molar-refractivity contribution in [3.8, 4) is 11.3 Å². The summed E-state index contributed by atoms with van der Waals surface area (Å²) in [6, 6.07) is 10.5. The zero-order chi connectivity index (χ0) is 15.9. The molecule has 24 heavy (non-hydrogen) atoms. The molecule has 1 aromatic carbocycles. The Morgan fingerprint density at radius 3 is 2.71 bits per heavy atom. The highest BCUT2D eigenvalue weighted by Gasteiger charge is 2.26. The molecule has 0 bridgehead atoms. The van der Waals surface area contributed by atoms with Gasteiger partial charge in [-0.05, 0) is 12.8 Å². The third-order valence-corrected chi connectivity index (χ3v) is 5.47. The number of anilines is 1. The number of benzene rings is 1. The standard InChI is InChI=1S/C20H22N4/c1-3-7-14(8-4-1)18-17-13-22-19-16(11-12-21-19)24(17)20(23-18)15-9-5-2-6-10-15/h1,3-4,7-8,13,15,21H,2,5-6,9-12H2. The molecular weight excluding hydrogens is 296 g/mol. The lowest BCUT2D eigenvalue weighted by Crippen LogP contribution is -2.10. The van der Waals surface area contributed by atoms with Gasteiger partial charge in [-0.1, -0.05) is 49.6 Å². The number of rotatable bonds is 2. The predicted octanol–water partition coefficient (Wildman–Crippen LogP) is 4.41. The zero-order valence-electron chi connectivity index (χ0n) is 13.8. The Morgan fingerprint density at radius 2 is 1.88 bits per heavy atom. The summed E-state index contributed by atoms with van der Waals surface area (Å²) in [5.74, 6) is 2.87. The summed E-state index contributed by atoms with van der Waals surface area (Å²) in [6.07, 6.45) is 9.57. The van der Waals surface area contributed by atoms with Crippen molar-refractivity contribution in [2.24, 2.45) is 0 Å². The molecule has 1 aliphatic carbocycles. The topological polar surface area (TPSA) is 42.2 Å². The van der Waals surface area contributed by atoms with Crippen LogP contribution >= 0.6 is 0 Å². The quantitative estimate of drug-likeness (QED) is 0.761. The summed E-state index contributed by atoms with van der Waals surface area (Å²) in [5.41, 5.74) is 4.73. The van der Waals surface area contributed by atoms with Gasteiger partial charge in [-0.15, -0.1) is 0 Å². The van der Waals surface area contributed by atoms with Crippen molar-refractivity contribution in [1.29, 1.82) is 0 Å². The molecule has 4 heteroatoms. The van der Waals surface area contributed by atoms with Gasteiger partial charge in [0.05, 0.1) is 23.1 Å². The van der Waals surface area contributed by atoms with Crippen LogP contribution in [0.3, 0.4) is 0 Å². The highest BCUT2D eigenvalue weighted by atomic mass is 15.1. The second kappa shape index (κ2) is 5.62. The van der Waals surface area contributed by atoms with Crippen LogP contribution in [0.5, 0.6) is 0 Å². The highest BCUT2D eigenvalue weighted by Crippen LogP contribution is 2.37. The van der Waals surface area contributed by atoms with Gasteiger partial charge in [-0.2, -0.15) is 0 Å². The number of hydrogen-bond donors (Lipinski definition) is 1. The van der Waals surface area contributed by atoms with E-state index in [0.717, 1.165) is 30.0 Å². The van der Waals surface area contributed by atoms with Crippen molar-refractivity contribution >= 4 is 11.3 Å². The molecule has 1 saturated carbocycles. The Kier molecular flexibility index (Phi) is 3.28. The molecule has 0 amide bonds. The van der Waals surface area contributed by atoms with E-state index < -0.39 is 0 Å². The van der Waals surface area contributed by atoms with Gasteiger partial charge in [-0.25, -0.2) is 9.97 Å². The average molecular weight is 318 g/mol. The van der Waals surface area contributed by atoms with E-state index in [4.69, 9.17) is 4.98 Å². The van der Waals surface area contributed by atoms with Crippen LogP contribution in [0.15, 0.2) is 36.5 Å². The van der Waals surface area contributed by atoms with E-state index in [9.17, 15) is 0 Å². The first-order chi connectivity index (χ1) is 11.9. The molecule has 122 valence electrons. The van der Waals surface area contributed by atoms with Crippen molar-refractivity contribution in [1.82, 2.24) is 14.4 Å². The second-order valence-corrected chi connectivity index (χ2v) is 6.97. The summed E-state index contributed by atoms with van der Waals surface area (Å²) >= 11 is 0. The summed E-state index contributed by atoms with van der Waals surface area (Å²) < 4.78 is 2.42. The molecule has 1 fully saturated rings. The Labute approximate surface area is 142 Å². The highest BCUT2D eigenvalue weighted by molar-refractivity contribution is 5.78. The van der Waals surface area contributed by atoms with Crippen LogP contribution in [-0.4, -0.2) is 20.9 Å². The number of imidazole rings is 1. The summed E-state index contributed by atoms with van der Waals surface area (Å²) in [5, 5.41) is 3.41. The van der Waals surface area contributed by atoms with Gasteiger partial charge in [0.2, 0.25) is 0 Å². The molecule has 0 unspecified atom stereocenters. The summed E-state index contributed by atoms with van der Waals surface area (Å²) in [4.78, 5) is 9.82. The van der Waals surface area contributed by atoms with Crippen LogP contribution in [0.4, 0.5) is 5.82 Å². The van der Waals surface area contributed by atoms with Gasteiger partial charge in [0.25, 0.3) is 0 Å². The minimum absolute atomic E-state index is 0.579. The van der Waals surface area contributed by atoms with Gasteiger partial charge in [0.15, 0.2) is 0 Å². The molecule has 5 rings (SSSR count). The van der Waals surface area contributed by atoms with Crippen molar-refractivity contribution in [2.45, 2.75) is 44.4 Å². The van der Waals surface area contributed by atoms with E-state index in [-0.39, 0.29) is 0 Å². The fourth-order valence-electron chi connectivity index (χ4n) is 4.28. The maximum absolute atomic E-state index is 5.16. The molecule has 4 nitrogen and oxygen atoms in total. The maximum atomic E-state index is 5.16. The Hall–Kier alpha value is -2.36. The van der Waals surface area contributed by atoms with Crippen LogP contribution < -0.4 is 5.32 Å². The van der Waals surface area contributed by atoms with E-state index >= 15 is 0 Å². The van der Waals surface area contributed by atoms with Crippen molar-refractivity contribution < 1.29 is 0 Å². The number of aromatic nitrogens is 3. The smallest absolute Gasteiger partial charge is 0.146 e. The third kappa shape index (κ3) is 2.13. The molecule has 3 aromatic rings. The normalized spacial score (nSPS) is 17.8. The second-order valence-electron chi connectivity index (χ2n) is 6.97. The van der Waals surface area contributed by atoms with Crippen LogP contribution in [-0.2, 0) is 6.42 Å². The Bertz CT molecular complexity index is 876. The molecule has 1 aliphatic heterocycles. The Balaban J connectivity index is 1.76. The van der Waals surface area contributed by atoms with Crippen molar-refractivity contribution in [3.05, 3.63) is 48.0 Å². The fraction of sp³-hybridized carbons (Fsp3) is 0.400. The summed E-state index contributed by atoms with van der Waals surface area (Å²) in [6.45, 7) is 0.977. The molecule has 0 atom stereocenters. The van der Waals surface area contributed by atoms with E-state index in [1.165, 1.54) is 49.2 Å². The molecule has 2 aliphatic rings. The number of fused-ring (bicyclic) bond motifs is 3. The third-order valence-electron chi connectivity index (χ3n) is 5.47. The van der Waals surface area contributed by atoms with Gasteiger partial charge < -0.3 is 5.32 Å². The van der Waals surface area contributed by atoms with Crippen LogP contribution in [0.25, 0.3) is 16.8 Å². The molecule has 2 aromatic heterocycles. The van der Waals surface area contributed by atoms with E-state index in [2.05, 4.69) is 45.0 Å². The van der Waals surface area contributed by atoms with Crippen LogP contribution in [0.1, 0.15) is 49.5 Å². The molecular formula is C20H22N4. The lowest BCUT2D eigenvalue weighted by molar-refractivity contribution is 0.427. The SMILES string of the molecule is c1ccc(-c2nc(C3CCCCC3)n3c4c(ncc23)NCC4)cc1. The fourth-order valence-corrected chi connectivity index (χ4v) is 4.28. The molecule has 3 heterocycles. The van der Waals surface area contributed by atoms with Crippen molar-refractivity contribution in [2.75, 3.05) is 11.9 Å². The molecule has 0 radical (unpaired) electrons. The molecule has 0 saturated heterocycles. The zero-order valence-corrected chi connectivity index (χ0v) is 13.8. The lowest BCUT2D eigenvalue weighted by Gasteiger charge is -2.21. The Morgan fingerprint density at radius 1 is 1.04 bits per heavy atom. The summed E-state index contributed by atoms with van der Waals surface area (Å²) in [7, 11) is 0. The van der Waals surface area contributed by atoms with Crippen molar-refractivity contribution in [3.63, 3.8) is 0 Å². The molecule has 0 spiro atoms. The largest absolute Gasteiger partial charge is 0.368 e. The van der Waals surface area contributed by atoms with Gasteiger partial charge in [-0.3, -0.25) is 4.40 Å². The number of nitrogens with one attached hydrogen (secondary N) is 1. The predicted molar refractivity (Wildman–Crippen MR) is 96.4 cm³/mol. The first-order valence-electron chi connectivity index (χ1n) is 9.11. The monoisotopic (exact) mass is 318 g/mol. The van der Waals surface area contributed by atoms with Crippen LogP contribution in [0, 0.1) is 0 Å². The van der Waals surface area contributed by atoms with Gasteiger partial charge >= 0.3 is 0 Å². The van der Waals surface area contributed by atoms with E-state index in [1.807, 2.05) is 6.20 Å². The number of hydrogen-bond acceptors (Lipinski definition) is 3. The lowest BCUT2D eigenvalue weighted by atomic mass is 9.88. The minimum atomic E-state index is 0.579. The number of nitrogens with zero attached hydrogens (tertiary/aromatic N) is 3. The van der Waals surface area contributed by atoms with E-state index in [1.54, 1.807) is 0 Å².